The van der Waals surface area contributed by atoms with E-state index < -0.39 is 0 Å². The van der Waals surface area contributed by atoms with Gasteiger partial charge in [-0.3, -0.25) is 9.59 Å². The average Bonchev–Trinajstić information content (AvgIpc) is 2.71. The SMILES string of the molecule is CCCOC(=O)c1ccc(NC(=O)CSc2nc3c(c(=O)[nH]2)CCCC3)cc1. The smallest absolute Gasteiger partial charge is 0.338 e. The normalized spacial score (nSPS) is 12.9. The molecule has 1 aliphatic carbocycles. The van der Waals surface area contributed by atoms with E-state index in [1.165, 1.54) is 11.8 Å². The molecule has 1 aromatic carbocycles. The molecule has 1 aliphatic rings. The highest BCUT2D eigenvalue weighted by Gasteiger charge is 2.16. The summed E-state index contributed by atoms with van der Waals surface area (Å²) in [6.45, 7) is 2.31. The Hall–Kier alpha value is -2.61. The predicted octanol–water partition coefficient (Wildman–Crippen LogP) is 2.95. The van der Waals surface area contributed by atoms with Crippen LogP contribution in [0.3, 0.4) is 0 Å². The molecule has 1 heterocycles. The maximum Gasteiger partial charge on any atom is 0.338 e. The van der Waals surface area contributed by atoms with Crippen LogP contribution < -0.4 is 10.9 Å². The third kappa shape index (κ3) is 5.22. The van der Waals surface area contributed by atoms with E-state index in [9.17, 15) is 14.4 Å². The van der Waals surface area contributed by atoms with Gasteiger partial charge in [-0.25, -0.2) is 9.78 Å². The summed E-state index contributed by atoms with van der Waals surface area (Å²) < 4.78 is 5.07. The Morgan fingerprint density at radius 1 is 1.21 bits per heavy atom. The van der Waals surface area contributed by atoms with Crippen molar-refractivity contribution in [3.05, 3.63) is 51.4 Å². The molecule has 1 amide bonds. The van der Waals surface area contributed by atoms with Crippen molar-refractivity contribution < 1.29 is 14.3 Å². The number of anilines is 1. The lowest BCUT2D eigenvalue weighted by molar-refractivity contribution is -0.113. The van der Waals surface area contributed by atoms with Crippen molar-refractivity contribution in [1.29, 1.82) is 0 Å². The van der Waals surface area contributed by atoms with E-state index in [0.29, 0.717) is 23.0 Å². The summed E-state index contributed by atoms with van der Waals surface area (Å²) in [6.07, 6.45) is 4.40. The number of thioether (sulfide) groups is 1. The standard InChI is InChI=1S/C20H23N3O4S/c1-2-11-27-19(26)13-7-9-14(10-8-13)21-17(24)12-28-20-22-16-6-4-3-5-15(16)18(25)23-20/h7-10H,2-6,11-12H2,1H3,(H,21,24)(H,22,23,25). The number of rotatable bonds is 7. The van der Waals surface area contributed by atoms with Gasteiger partial charge >= 0.3 is 5.97 Å². The van der Waals surface area contributed by atoms with Crippen LogP contribution in [0.1, 0.15) is 47.8 Å². The predicted molar refractivity (Wildman–Crippen MR) is 108 cm³/mol. The molecule has 0 aliphatic heterocycles. The third-order valence-corrected chi connectivity index (χ3v) is 5.22. The monoisotopic (exact) mass is 401 g/mol. The molecular formula is C20H23N3O4S. The molecule has 0 saturated heterocycles. The summed E-state index contributed by atoms with van der Waals surface area (Å²) in [5.74, 6) is -0.466. The van der Waals surface area contributed by atoms with Crippen LogP contribution in [-0.4, -0.2) is 34.2 Å². The lowest BCUT2D eigenvalue weighted by atomic mass is 9.97. The highest BCUT2D eigenvalue weighted by atomic mass is 32.2. The number of carbonyl (C=O) groups is 2. The minimum atomic E-state index is -0.377. The van der Waals surface area contributed by atoms with Crippen LogP contribution in [0.5, 0.6) is 0 Å². The number of carbonyl (C=O) groups excluding carboxylic acids is 2. The molecule has 0 unspecified atom stereocenters. The zero-order valence-corrected chi connectivity index (χ0v) is 16.6. The Labute approximate surface area is 167 Å². The first-order valence-corrected chi connectivity index (χ1v) is 10.4. The van der Waals surface area contributed by atoms with E-state index in [-0.39, 0.29) is 23.2 Å². The van der Waals surface area contributed by atoms with Crippen LogP contribution in [0.4, 0.5) is 5.69 Å². The van der Waals surface area contributed by atoms with Crippen LogP contribution in [0.2, 0.25) is 0 Å². The molecule has 0 atom stereocenters. The van der Waals surface area contributed by atoms with Crippen molar-refractivity contribution in [2.75, 3.05) is 17.7 Å². The van der Waals surface area contributed by atoms with E-state index in [4.69, 9.17) is 4.74 Å². The molecule has 0 spiro atoms. The number of fused-ring (bicyclic) bond motifs is 1. The van der Waals surface area contributed by atoms with Crippen LogP contribution in [0.25, 0.3) is 0 Å². The number of aromatic nitrogens is 2. The first-order valence-electron chi connectivity index (χ1n) is 9.38. The maximum absolute atomic E-state index is 12.2. The summed E-state index contributed by atoms with van der Waals surface area (Å²) in [5.41, 5.74) is 2.56. The van der Waals surface area contributed by atoms with E-state index in [1.54, 1.807) is 24.3 Å². The summed E-state index contributed by atoms with van der Waals surface area (Å²) in [7, 11) is 0. The lowest BCUT2D eigenvalue weighted by Gasteiger charge is -2.14. The largest absolute Gasteiger partial charge is 0.462 e. The Balaban J connectivity index is 1.54. The Morgan fingerprint density at radius 2 is 1.96 bits per heavy atom. The Bertz CT molecular complexity index is 909. The van der Waals surface area contributed by atoms with Gasteiger partial charge in [0.1, 0.15) is 0 Å². The maximum atomic E-state index is 12.2. The van der Waals surface area contributed by atoms with Crippen molar-refractivity contribution in [3.63, 3.8) is 0 Å². The number of benzene rings is 1. The van der Waals surface area contributed by atoms with Gasteiger partial charge in [0.15, 0.2) is 5.16 Å². The second kappa shape index (κ2) is 9.54. The Morgan fingerprint density at radius 3 is 2.71 bits per heavy atom. The summed E-state index contributed by atoms with van der Waals surface area (Å²) in [4.78, 5) is 43.3. The van der Waals surface area contributed by atoms with Crippen molar-refractivity contribution >= 4 is 29.3 Å². The molecule has 2 N–H and O–H groups in total. The molecule has 28 heavy (non-hydrogen) atoms. The van der Waals surface area contributed by atoms with Crippen LogP contribution in [0.15, 0.2) is 34.2 Å². The third-order valence-electron chi connectivity index (χ3n) is 4.35. The zero-order chi connectivity index (χ0) is 19.9. The van der Waals surface area contributed by atoms with E-state index in [2.05, 4.69) is 15.3 Å². The van der Waals surface area contributed by atoms with Crippen LogP contribution >= 0.6 is 11.8 Å². The molecule has 2 aromatic rings. The van der Waals surface area contributed by atoms with Gasteiger partial charge in [0.05, 0.1) is 23.6 Å². The van der Waals surface area contributed by atoms with Gasteiger partial charge in [0.25, 0.3) is 5.56 Å². The van der Waals surface area contributed by atoms with Crippen molar-refractivity contribution in [2.45, 2.75) is 44.2 Å². The molecule has 0 saturated carbocycles. The quantitative estimate of drug-likeness (QED) is 0.420. The second-order valence-corrected chi connectivity index (χ2v) is 7.52. The fourth-order valence-electron chi connectivity index (χ4n) is 2.95. The number of nitrogens with one attached hydrogen (secondary N) is 2. The first-order chi connectivity index (χ1) is 13.6. The van der Waals surface area contributed by atoms with Gasteiger partial charge in [-0.2, -0.15) is 0 Å². The molecule has 1 aromatic heterocycles. The number of hydrogen-bond donors (Lipinski definition) is 2. The minimum absolute atomic E-state index is 0.0989. The number of nitrogens with zero attached hydrogens (tertiary/aromatic N) is 1. The lowest BCUT2D eigenvalue weighted by Crippen LogP contribution is -2.22. The van der Waals surface area contributed by atoms with Gasteiger partial charge < -0.3 is 15.0 Å². The molecular weight excluding hydrogens is 378 g/mol. The number of hydrogen-bond acceptors (Lipinski definition) is 6. The molecule has 8 heteroatoms. The second-order valence-electron chi connectivity index (χ2n) is 6.55. The number of esters is 1. The number of H-pyrrole nitrogens is 1. The number of ether oxygens (including phenoxy) is 1. The summed E-state index contributed by atoms with van der Waals surface area (Å²) >= 11 is 1.20. The highest BCUT2D eigenvalue weighted by Crippen LogP contribution is 2.19. The van der Waals surface area contributed by atoms with Crippen LogP contribution in [0, 0.1) is 0 Å². The van der Waals surface area contributed by atoms with Gasteiger partial charge in [-0.05, 0) is 56.4 Å². The van der Waals surface area contributed by atoms with Crippen molar-refractivity contribution in [1.82, 2.24) is 9.97 Å². The van der Waals surface area contributed by atoms with Gasteiger partial charge in [0, 0.05) is 11.3 Å². The van der Waals surface area contributed by atoms with E-state index in [0.717, 1.165) is 43.4 Å². The first kappa shape index (κ1) is 20.1. The highest BCUT2D eigenvalue weighted by molar-refractivity contribution is 7.99. The van der Waals surface area contributed by atoms with E-state index in [1.807, 2.05) is 6.92 Å². The average molecular weight is 401 g/mol. The molecule has 7 nitrogen and oxygen atoms in total. The number of aryl methyl sites for hydroxylation is 1. The van der Waals surface area contributed by atoms with Gasteiger partial charge in [-0.15, -0.1) is 0 Å². The Kier molecular flexibility index (Phi) is 6.86. The topological polar surface area (TPSA) is 101 Å². The molecule has 3 rings (SSSR count). The fraction of sp³-hybridized carbons (Fsp3) is 0.400. The molecule has 0 fully saturated rings. The molecule has 0 bridgehead atoms. The van der Waals surface area contributed by atoms with Gasteiger partial charge in [-0.1, -0.05) is 18.7 Å². The van der Waals surface area contributed by atoms with Crippen molar-refractivity contribution in [3.8, 4) is 0 Å². The van der Waals surface area contributed by atoms with Crippen LogP contribution in [-0.2, 0) is 22.4 Å². The molecule has 0 radical (unpaired) electrons. The number of aromatic amines is 1. The summed E-state index contributed by atoms with van der Waals surface area (Å²) in [5, 5.41) is 3.23. The van der Waals surface area contributed by atoms with Gasteiger partial charge in [0.2, 0.25) is 5.91 Å². The zero-order valence-electron chi connectivity index (χ0n) is 15.7. The fourth-order valence-corrected chi connectivity index (χ4v) is 3.63. The summed E-state index contributed by atoms with van der Waals surface area (Å²) in [6, 6.07) is 6.54. The van der Waals surface area contributed by atoms with E-state index >= 15 is 0 Å². The number of amides is 1. The van der Waals surface area contributed by atoms with Crippen molar-refractivity contribution in [2.24, 2.45) is 0 Å². The molecule has 148 valence electrons. The minimum Gasteiger partial charge on any atom is -0.462 e.